The van der Waals surface area contributed by atoms with Crippen molar-refractivity contribution in [2.45, 2.75) is 6.92 Å². The molecular formula is C8H9ClN2. The molecule has 0 atom stereocenters. The highest BCUT2D eigenvalue weighted by Gasteiger charge is 1.86. The fraction of sp³-hybridized carbons (Fsp3) is 0.250. The van der Waals surface area contributed by atoms with Crippen LogP contribution in [0, 0.1) is 6.92 Å². The van der Waals surface area contributed by atoms with Crippen molar-refractivity contribution in [3.63, 3.8) is 0 Å². The second-order valence-electron chi connectivity index (χ2n) is 2.12. The van der Waals surface area contributed by atoms with E-state index in [0.29, 0.717) is 5.88 Å². The van der Waals surface area contributed by atoms with E-state index in [-0.39, 0.29) is 0 Å². The van der Waals surface area contributed by atoms with E-state index in [0.717, 1.165) is 11.4 Å². The molecule has 1 aromatic heterocycles. The van der Waals surface area contributed by atoms with E-state index in [1.165, 1.54) is 0 Å². The van der Waals surface area contributed by atoms with Crippen molar-refractivity contribution in [1.82, 2.24) is 9.97 Å². The lowest BCUT2D eigenvalue weighted by molar-refractivity contribution is 1.05. The molecule has 0 aromatic carbocycles. The Bertz CT molecular complexity index is 241. The van der Waals surface area contributed by atoms with Crippen LogP contribution in [0.3, 0.4) is 0 Å². The van der Waals surface area contributed by atoms with Crippen LogP contribution in [0.4, 0.5) is 0 Å². The van der Waals surface area contributed by atoms with E-state index >= 15 is 0 Å². The van der Waals surface area contributed by atoms with Crippen molar-refractivity contribution in [3.05, 3.63) is 29.9 Å². The Morgan fingerprint density at radius 1 is 1.45 bits per heavy atom. The van der Waals surface area contributed by atoms with Gasteiger partial charge >= 0.3 is 0 Å². The van der Waals surface area contributed by atoms with Gasteiger partial charge in [-0.1, -0.05) is 12.2 Å². The van der Waals surface area contributed by atoms with Crippen molar-refractivity contribution in [3.8, 4) is 0 Å². The highest BCUT2D eigenvalue weighted by molar-refractivity contribution is 6.19. The minimum atomic E-state index is 0.522. The summed E-state index contributed by atoms with van der Waals surface area (Å²) in [6.07, 6.45) is 7.29. The molecule has 3 heteroatoms. The SMILES string of the molecule is Cc1ncc(C=CCCl)cn1. The second-order valence-corrected chi connectivity index (χ2v) is 2.43. The molecule has 0 aliphatic rings. The monoisotopic (exact) mass is 168 g/mol. The molecule has 0 saturated carbocycles. The van der Waals surface area contributed by atoms with Crippen molar-refractivity contribution in [2.75, 3.05) is 5.88 Å². The Hall–Kier alpha value is -0.890. The summed E-state index contributed by atoms with van der Waals surface area (Å²) in [4.78, 5) is 8.05. The Balaban J connectivity index is 2.73. The van der Waals surface area contributed by atoms with Crippen LogP contribution < -0.4 is 0 Å². The summed E-state index contributed by atoms with van der Waals surface area (Å²) in [5.41, 5.74) is 0.983. The Labute approximate surface area is 70.9 Å². The van der Waals surface area contributed by atoms with Gasteiger partial charge in [0.2, 0.25) is 0 Å². The van der Waals surface area contributed by atoms with Crippen LogP contribution in [-0.4, -0.2) is 15.8 Å². The van der Waals surface area contributed by atoms with Gasteiger partial charge in [0.15, 0.2) is 0 Å². The van der Waals surface area contributed by atoms with Crippen LogP contribution in [0.2, 0.25) is 0 Å². The highest BCUT2D eigenvalue weighted by atomic mass is 35.5. The third kappa shape index (κ3) is 2.68. The van der Waals surface area contributed by atoms with Crippen LogP contribution in [0.5, 0.6) is 0 Å². The van der Waals surface area contributed by atoms with Gasteiger partial charge in [-0.3, -0.25) is 0 Å². The van der Waals surface area contributed by atoms with Crippen LogP contribution in [0.15, 0.2) is 18.5 Å². The Morgan fingerprint density at radius 2 is 2.09 bits per heavy atom. The number of nitrogens with zero attached hydrogens (tertiary/aromatic N) is 2. The van der Waals surface area contributed by atoms with E-state index in [2.05, 4.69) is 9.97 Å². The van der Waals surface area contributed by atoms with Gasteiger partial charge in [0, 0.05) is 23.8 Å². The number of hydrogen-bond donors (Lipinski definition) is 0. The first kappa shape index (κ1) is 8.21. The summed E-state index contributed by atoms with van der Waals surface area (Å²) in [5, 5.41) is 0. The fourth-order valence-electron chi connectivity index (χ4n) is 0.669. The van der Waals surface area contributed by atoms with Gasteiger partial charge in [0.05, 0.1) is 0 Å². The van der Waals surface area contributed by atoms with E-state index in [4.69, 9.17) is 11.6 Å². The predicted octanol–water partition coefficient (Wildman–Crippen LogP) is 2.04. The van der Waals surface area contributed by atoms with Gasteiger partial charge in [-0.05, 0) is 6.92 Å². The number of allylic oxidation sites excluding steroid dienone is 1. The third-order valence-electron chi connectivity index (χ3n) is 1.20. The molecule has 0 unspecified atom stereocenters. The summed E-state index contributed by atoms with van der Waals surface area (Å²) >= 11 is 5.46. The maximum atomic E-state index is 5.46. The van der Waals surface area contributed by atoms with Crippen LogP contribution in [-0.2, 0) is 0 Å². The smallest absolute Gasteiger partial charge is 0.125 e. The minimum absolute atomic E-state index is 0.522. The van der Waals surface area contributed by atoms with Crippen molar-refractivity contribution >= 4 is 17.7 Å². The molecule has 1 rings (SSSR count). The number of alkyl halides is 1. The van der Waals surface area contributed by atoms with Crippen molar-refractivity contribution in [2.24, 2.45) is 0 Å². The van der Waals surface area contributed by atoms with E-state index in [1.807, 2.05) is 19.1 Å². The summed E-state index contributed by atoms with van der Waals surface area (Å²) < 4.78 is 0. The molecule has 0 amide bonds. The molecule has 11 heavy (non-hydrogen) atoms. The molecule has 2 nitrogen and oxygen atoms in total. The number of halogens is 1. The quantitative estimate of drug-likeness (QED) is 0.632. The summed E-state index contributed by atoms with van der Waals surface area (Å²) in [6.45, 7) is 1.86. The number of aromatic nitrogens is 2. The molecule has 0 bridgehead atoms. The van der Waals surface area contributed by atoms with E-state index in [1.54, 1.807) is 12.4 Å². The first-order valence-corrected chi connectivity index (χ1v) is 3.87. The first-order valence-electron chi connectivity index (χ1n) is 3.34. The normalized spacial score (nSPS) is 10.7. The topological polar surface area (TPSA) is 25.8 Å². The highest BCUT2D eigenvalue weighted by Crippen LogP contribution is 1.98. The molecule has 1 aromatic rings. The van der Waals surface area contributed by atoms with Gasteiger partial charge in [-0.15, -0.1) is 11.6 Å². The number of rotatable bonds is 2. The fourth-order valence-corrected chi connectivity index (χ4v) is 0.758. The van der Waals surface area contributed by atoms with Crippen LogP contribution >= 0.6 is 11.6 Å². The lowest BCUT2D eigenvalue weighted by Gasteiger charge is -1.91. The summed E-state index contributed by atoms with van der Waals surface area (Å²) in [7, 11) is 0. The van der Waals surface area contributed by atoms with Gasteiger partial charge < -0.3 is 0 Å². The number of hydrogen-bond acceptors (Lipinski definition) is 2. The molecule has 0 saturated heterocycles. The largest absolute Gasteiger partial charge is 0.241 e. The van der Waals surface area contributed by atoms with E-state index < -0.39 is 0 Å². The van der Waals surface area contributed by atoms with Crippen LogP contribution in [0.1, 0.15) is 11.4 Å². The molecule has 0 fully saturated rings. The maximum absolute atomic E-state index is 5.46. The lowest BCUT2D eigenvalue weighted by atomic mass is 10.3. The molecule has 1 heterocycles. The molecule has 0 aliphatic carbocycles. The van der Waals surface area contributed by atoms with Gasteiger partial charge in [0.1, 0.15) is 5.82 Å². The molecule has 0 aliphatic heterocycles. The van der Waals surface area contributed by atoms with Crippen molar-refractivity contribution in [1.29, 1.82) is 0 Å². The maximum Gasteiger partial charge on any atom is 0.125 e. The first-order chi connectivity index (χ1) is 5.33. The van der Waals surface area contributed by atoms with Gasteiger partial charge in [-0.2, -0.15) is 0 Å². The van der Waals surface area contributed by atoms with Gasteiger partial charge in [0.25, 0.3) is 0 Å². The number of aryl methyl sites for hydroxylation is 1. The van der Waals surface area contributed by atoms with Crippen LogP contribution in [0.25, 0.3) is 6.08 Å². The minimum Gasteiger partial charge on any atom is -0.241 e. The molecule has 0 radical (unpaired) electrons. The average Bonchev–Trinajstić information content (AvgIpc) is 2.04. The average molecular weight is 169 g/mol. The predicted molar refractivity (Wildman–Crippen MR) is 46.5 cm³/mol. The Kier molecular flexibility index (Phi) is 3.05. The zero-order valence-electron chi connectivity index (χ0n) is 6.29. The zero-order valence-corrected chi connectivity index (χ0v) is 7.04. The lowest BCUT2D eigenvalue weighted by Crippen LogP contribution is -1.85. The zero-order chi connectivity index (χ0) is 8.10. The molecule has 0 spiro atoms. The molecule has 0 N–H and O–H groups in total. The standard InChI is InChI=1S/C8H9ClN2/c1-7-10-5-8(6-11-7)3-2-4-9/h2-3,5-6H,4H2,1H3. The Morgan fingerprint density at radius 3 is 2.64 bits per heavy atom. The second kappa shape index (κ2) is 4.09. The van der Waals surface area contributed by atoms with Crippen molar-refractivity contribution < 1.29 is 0 Å². The van der Waals surface area contributed by atoms with E-state index in [9.17, 15) is 0 Å². The summed E-state index contributed by atoms with van der Waals surface area (Å²) in [5.74, 6) is 1.31. The third-order valence-corrected chi connectivity index (χ3v) is 1.38. The summed E-state index contributed by atoms with van der Waals surface area (Å²) in [6, 6.07) is 0. The molecule has 58 valence electrons. The van der Waals surface area contributed by atoms with Gasteiger partial charge in [-0.25, -0.2) is 9.97 Å². The molecular weight excluding hydrogens is 160 g/mol.